The zero-order valence-electron chi connectivity index (χ0n) is 14.9. The van der Waals surface area contributed by atoms with Gasteiger partial charge in [-0.25, -0.2) is 9.82 Å². The van der Waals surface area contributed by atoms with E-state index in [4.69, 9.17) is 0 Å². The van der Waals surface area contributed by atoms with Gasteiger partial charge in [0.2, 0.25) is 0 Å². The molecule has 2 fully saturated rings. The van der Waals surface area contributed by atoms with Crippen LogP contribution >= 0.6 is 0 Å². The molecule has 2 saturated heterocycles. The van der Waals surface area contributed by atoms with Crippen LogP contribution in [0.4, 0.5) is 4.39 Å². The topological polar surface area (TPSA) is 44.4 Å². The molecule has 0 aromatic heterocycles. The molecule has 2 heterocycles. The highest BCUT2D eigenvalue weighted by molar-refractivity contribution is 5.94. The van der Waals surface area contributed by atoms with E-state index in [1.54, 1.807) is 13.0 Å². The first-order valence-electron chi connectivity index (χ1n) is 9.19. The number of hydrazine groups is 1. The summed E-state index contributed by atoms with van der Waals surface area (Å²) >= 11 is 0. The van der Waals surface area contributed by atoms with E-state index in [1.165, 1.54) is 6.07 Å². The van der Waals surface area contributed by atoms with Crippen LogP contribution in [0.2, 0.25) is 0 Å². The number of ketones is 1. The number of piperidine rings is 1. The molecule has 4 rings (SSSR count). The van der Waals surface area contributed by atoms with E-state index in [2.05, 4.69) is 21.8 Å². The van der Waals surface area contributed by atoms with E-state index in [0.717, 1.165) is 42.7 Å². The summed E-state index contributed by atoms with van der Waals surface area (Å²) in [5.41, 5.74) is 9.29. The normalized spacial score (nSPS) is 25.8. The molecule has 0 radical (unpaired) electrons. The standard InChI is InChI=1S/C21H24FN3O/c1-14(26)16-6-4-5-15(11-16)12-25-10-9-20-18(13-25)21(24-23-20)17-7-2-3-8-19(17)22/h2-8,11,18,20-21,23-24H,9-10,12-13H2,1H3. The summed E-state index contributed by atoms with van der Waals surface area (Å²) in [6.45, 7) is 4.30. The second-order valence-corrected chi connectivity index (χ2v) is 7.34. The van der Waals surface area contributed by atoms with Crippen molar-refractivity contribution < 1.29 is 9.18 Å². The number of hydrogen-bond donors (Lipinski definition) is 2. The van der Waals surface area contributed by atoms with E-state index in [9.17, 15) is 9.18 Å². The number of hydrogen-bond acceptors (Lipinski definition) is 4. The summed E-state index contributed by atoms with van der Waals surface area (Å²) in [5.74, 6) is 0.254. The van der Waals surface area contributed by atoms with Crippen molar-refractivity contribution in [2.75, 3.05) is 13.1 Å². The molecule has 136 valence electrons. The largest absolute Gasteiger partial charge is 0.299 e. The molecule has 0 aliphatic carbocycles. The molecular weight excluding hydrogens is 329 g/mol. The molecule has 2 aliphatic heterocycles. The van der Waals surface area contributed by atoms with Crippen molar-refractivity contribution in [3.8, 4) is 0 Å². The lowest BCUT2D eigenvalue weighted by molar-refractivity contribution is 0.101. The highest BCUT2D eigenvalue weighted by Crippen LogP contribution is 2.35. The third kappa shape index (κ3) is 3.43. The van der Waals surface area contributed by atoms with Gasteiger partial charge in [0.25, 0.3) is 0 Å². The van der Waals surface area contributed by atoms with Gasteiger partial charge in [-0.15, -0.1) is 0 Å². The molecule has 0 bridgehead atoms. The van der Waals surface area contributed by atoms with Gasteiger partial charge in [0.05, 0.1) is 6.04 Å². The fourth-order valence-electron chi connectivity index (χ4n) is 4.20. The number of fused-ring (bicyclic) bond motifs is 1. The van der Waals surface area contributed by atoms with Crippen LogP contribution in [0.25, 0.3) is 0 Å². The first kappa shape index (κ1) is 17.3. The number of benzene rings is 2. The SMILES string of the molecule is CC(=O)c1cccc(CN2CCC3NNC(c4ccccc4F)C3C2)c1. The monoisotopic (exact) mass is 353 g/mol. The van der Waals surface area contributed by atoms with Crippen LogP contribution in [0.3, 0.4) is 0 Å². The van der Waals surface area contributed by atoms with Crippen molar-refractivity contribution in [1.82, 2.24) is 15.8 Å². The lowest BCUT2D eigenvalue weighted by atomic mass is 9.84. The first-order chi connectivity index (χ1) is 12.6. The zero-order chi connectivity index (χ0) is 18.1. The third-order valence-electron chi connectivity index (χ3n) is 5.57. The van der Waals surface area contributed by atoms with Crippen LogP contribution in [0.1, 0.15) is 40.9 Å². The maximum Gasteiger partial charge on any atom is 0.159 e. The lowest BCUT2D eigenvalue weighted by Crippen LogP contribution is -2.45. The Bertz CT molecular complexity index is 809. The zero-order valence-corrected chi connectivity index (χ0v) is 14.9. The van der Waals surface area contributed by atoms with Crippen molar-refractivity contribution in [2.24, 2.45) is 5.92 Å². The molecule has 2 aromatic rings. The van der Waals surface area contributed by atoms with Gasteiger partial charge in [-0.05, 0) is 31.0 Å². The number of likely N-dealkylation sites (tertiary alicyclic amines) is 1. The summed E-state index contributed by atoms with van der Waals surface area (Å²) in [7, 11) is 0. The molecule has 26 heavy (non-hydrogen) atoms. The van der Waals surface area contributed by atoms with Gasteiger partial charge in [-0.1, -0.05) is 36.4 Å². The number of halogens is 1. The highest BCUT2D eigenvalue weighted by Gasteiger charge is 2.41. The lowest BCUT2D eigenvalue weighted by Gasteiger charge is -2.36. The summed E-state index contributed by atoms with van der Waals surface area (Å²) in [6, 6.07) is 15.2. The molecule has 0 spiro atoms. The van der Waals surface area contributed by atoms with E-state index < -0.39 is 0 Å². The Hall–Kier alpha value is -2.08. The molecular formula is C21H24FN3O. The van der Waals surface area contributed by atoms with Crippen LogP contribution in [0, 0.1) is 11.7 Å². The van der Waals surface area contributed by atoms with Crippen molar-refractivity contribution >= 4 is 5.78 Å². The van der Waals surface area contributed by atoms with Crippen molar-refractivity contribution in [3.05, 3.63) is 71.0 Å². The van der Waals surface area contributed by atoms with Crippen LogP contribution in [0.15, 0.2) is 48.5 Å². The number of rotatable bonds is 4. The van der Waals surface area contributed by atoms with Crippen LogP contribution in [-0.2, 0) is 6.54 Å². The minimum absolute atomic E-state index is 0.0208. The van der Waals surface area contributed by atoms with Gasteiger partial charge in [0.15, 0.2) is 5.78 Å². The van der Waals surface area contributed by atoms with Gasteiger partial charge in [-0.3, -0.25) is 15.1 Å². The number of nitrogens with zero attached hydrogens (tertiary/aromatic N) is 1. The van der Waals surface area contributed by atoms with Gasteiger partial charge < -0.3 is 0 Å². The Morgan fingerprint density at radius 3 is 2.85 bits per heavy atom. The maximum absolute atomic E-state index is 14.3. The van der Waals surface area contributed by atoms with E-state index >= 15 is 0 Å². The van der Waals surface area contributed by atoms with Crippen molar-refractivity contribution in [2.45, 2.75) is 32.0 Å². The predicted octanol–water partition coefficient (Wildman–Crippen LogP) is 3.07. The quantitative estimate of drug-likeness (QED) is 0.829. The molecule has 2 aliphatic rings. The number of nitrogens with one attached hydrogen (secondary N) is 2. The molecule has 5 heteroatoms. The van der Waals surface area contributed by atoms with Gasteiger partial charge >= 0.3 is 0 Å². The summed E-state index contributed by atoms with van der Waals surface area (Å²) in [6.07, 6.45) is 1.02. The third-order valence-corrected chi connectivity index (χ3v) is 5.57. The fraction of sp³-hybridized carbons (Fsp3) is 0.381. The Morgan fingerprint density at radius 2 is 2.04 bits per heavy atom. The summed E-state index contributed by atoms with van der Waals surface area (Å²) in [4.78, 5) is 14.0. The molecule has 0 saturated carbocycles. The van der Waals surface area contributed by atoms with Gasteiger partial charge in [0, 0.05) is 42.7 Å². The maximum atomic E-state index is 14.3. The first-order valence-corrected chi connectivity index (χ1v) is 9.19. The van der Waals surface area contributed by atoms with Crippen LogP contribution in [0.5, 0.6) is 0 Å². The molecule has 3 atom stereocenters. The molecule has 2 N–H and O–H groups in total. The Morgan fingerprint density at radius 1 is 1.19 bits per heavy atom. The summed E-state index contributed by atoms with van der Waals surface area (Å²) < 4.78 is 14.3. The average Bonchev–Trinajstić information content (AvgIpc) is 3.05. The number of carbonyl (C=O) groups excluding carboxylic acids is 1. The molecule has 2 aromatic carbocycles. The van der Waals surface area contributed by atoms with Crippen molar-refractivity contribution in [1.29, 1.82) is 0 Å². The van der Waals surface area contributed by atoms with E-state index in [1.807, 2.05) is 30.3 Å². The Balaban J connectivity index is 1.49. The Labute approximate surface area is 153 Å². The molecule has 3 unspecified atom stereocenters. The second-order valence-electron chi connectivity index (χ2n) is 7.34. The highest BCUT2D eigenvalue weighted by atomic mass is 19.1. The van der Waals surface area contributed by atoms with Gasteiger partial charge in [-0.2, -0.15) is 0 Å². The van der Waals surface area contributed by atoms with Crippen LogP contribution < -0.4 is 10.9 Å². The number of Topliss-reactive ketones (excluding diaryl/α,β-unsaturated/α-hetero) is 1. The molecule has 0 amide bonds. The molecule has 4 nitrogen and oxygen atoms in total. The fourth-order valence-corrected chi connectivity index (χ4v) is 4.20. The summed E-state index contributed by atoms with van der Waals surface area (Å²) in [5, 5.41) is 0. The second kappa shape index (κ2) is 7.27. The Kier molecular flexibility index (Phi) is 4.85. The number of carbonyl (C=O) groups is 1. The average molecular weight is 353 g/mol. The predicted molar refractivity (Wildman–Crippen MR) is 99.0 cm³/mol. The minimum atomic E-state index is -0.154. The van der Waals surface area contributed by atoms with E-state index in [-0.39, 0.29) is 17.6 Å². The van der Waals surface area contributed by atoms with Crippen molar-refractivity contribution in [3.63, 3.8) is 0 Å². The smallest absolute Gasteiger partial charge is 0.159 e. The van der Waals surface area contributed by atoms with Crippen LogP contribution in [-0.4, -0.2) is 29.8 Å². The minimum Gasteiger partial charge on any atom is -0.299 e. The van der Waals surface area contributed by atoms with E-state index in [0.29, 0.717) is 12.0 Å². The van der Waals surface area contributed by atoms with Gasteiger partial charge in [0.1, 0.15) is 5.82 Å².